The fraction of sp³-hybridized carbons (Fsp3) is 0.167. The van der Waals surface area contributed by atoms with Crippen molar-refractivity contribution >= 4 is 32.1 Å². The Bertz CT molecular complexity index is 1090. The molecule has 0 saturated carbocycles. The largest absolute Gasteiger partial charge is 0.506 e. The maximum atomic E-state index is 12.2. The number of phenols is 1. The number of nitrogens with zero attached hydrogens (tertiary/aromatic N) is 1. The molecule has 1 aromatic heterocycles. The number of hydrogen-bond acceptors (Lipinski definition) is 6. The fourth-order valence-electron chi connectivity index (χ4n) is 3.18. The predicted octanol–water partition coefficient (Wildman–Crippen LogP) is 3.02. The van der Waals surface area contributed by atoms with Crippen molar-refractivity contribution in [2.75, 3.05) is 18.2 Å². The summed E-state index contributed by atoms with van der Waals surface area (Å²) in [4.78, 5) is 4.71. The van der Waals surface area contributed by atoms with Crippen molar-refractivity contribution < 1.29 is 18.3 Å². The zero-order chi connectivity index (χ0) is 17.6. The summed E-state index contributed by atoms with van der Waals surface area (Å²) in [6.45, 7) is 0. The maximum Gasteiger partial charge on any atom is 0.179 e. The van der Waals surface area contributed by atoms with Crippen LogP contribution in [0.5, 0.6) is 11.5 Å². The van der Waals surface area contributed by atoms with Crippen LogP contribution in [-0.4, -0.2) is 31.4 Å². The molecule has 6 nitrogen and oxygen atoms in total. The molecule has 4 rings (SSSR count). The second-order valence-electron chi connectivity index (χ2n) is 5.87. The Morgan fingerprint density at radius 1 is 1.16 bits per heavy atom. The molecule has 0 bridgehead atoms. The van der Waals surface area contributed by atoms with Gasteiger partial charge in [-0.1, -0.05) is 0 Å². The molecule has 2 aromatic carbocycles. The average Bonchev–Trinajstić information content (AvgIpc) is 2.92. The van der Waals surface area contributed by atoms with Crippen molar-refractivity contribution in [2.24, 2.45) is 0 Å². The van der Waals surface area contributed by atoms with Gasteiger partial charge in [0.2, 0.25) is 0 Å². The molecule has 0 radical (unpaired) electrons. The van der Waals surface area contributed by atoms with Crippen LogP contribution in [0.25, 0.3) is 10.9 Å². The third-order valence-corrected chi connectivity index (χ3v) is 6.20. The molecule has 0 fully saturated rings. The van der Waals surface area contributed by atoms with E-state index in [-0.39, 0.29) is 11.5 Å². The monoisotopic (exact) mass is 356 g/mol. The molecule has 0 aliphatic carbocycles. The Morgan fingerprint density at radius 2 is 2.00 bits per heavy atom. The minimum atomic E-state index is -3.23. The van der Waals surface area contributed by atoms with Crippen LogP contribution in [-0.2, 0) is 16.3 Å². The molecule has 7 heteroatoms. The summed E-state index contributed by atoms with van der Waals surface area (Å²) >= 11 is 0. The normalized spacial score (nSPS) is 15.1. The van der Waals surface area contributed by atoms with Crippen LogP contribution < -0.4 is 10.1 Å². The Morgan fingerprint density at radius 3 is 2.80 bits per heavy atom. The van der Waals surface area contributed by atoms with Gasteiger partial charge in [0.25, 0.3) is 0 Å². The van der Waals surface area contributed by atoms with Crippen molar-refractivity contribution in [3.05, 3.63) is 48.2 Å². The number of fused-ring (bicyclic) bond motifs is 3. The summed E-state index contributed by atoms with van der Waals surface area (Å²) in [7, 11) is -1.68. The molecule has 128 valence electrons. The Labute approximate surface area is 145 Å². The topological polar surface area (TPSA) is 88.5 Å². The minimum Gasteiger partial charge on any atom is -0.506 e. The SMILES string of the molecule is COc1ccc(O)c(Nc2ccnc3ccc4c(c23)CCS4(=O)=O)c1. The third kappa shape index (κ3) is 2.56. The number of aryl methyl sites for hydroxylation is 1. The minimum absolute atomic E-state index is 0.0750. The number of aromatic hydroxyl groups is 1. The van der Waals surface area contributed by atoms with E-state index >= 15 is 0 Å². The van der Waals surface area contributed by atoms with Gasteiger partial charge in [-0.15, -0.1) is 0 Å². The molecule has 25 heavy (non-hydrogen) atoms. The van der Waals surface area contributed by atoms with Gasteiger partial charge in [0.05, 0.1) is 29.0 Å². The van der Waals surface area contributed by atoms with Crippen LogP contribution in [0.1, 0.15) is 5.56 Å². The fourth-order valence-corrected chi connectivity index (χ4v) is 4.73. The van der Waals surface area contributed by atoms with Crippen LogP contribution in [0, 0.1) is 0 Å². The molecule has 1 aliphatic rings. The lowest BCUT2D eigenvalue weighted by Gasteiger charge is -2.14. The number of anilines is 2. The Balaban J connectivity index is 1.90. The number of pyridine rings is 1. The zero-order valence-corrected chi connectivity index (χ0v) is 14.3. The lowest BCUT2D eigenvalue weighted by Crippen LogP contribution is -1.99. The van der Waals surface area contributed by atoms with E-state index < -0.39 is 9.84 Å². The van der Waals surface area contributed by atoms with Gasteiger partial charge < -0.3 is 15.2 Å². The molecule has 0 atom stereocenters. The van der Waals surface area contributed by atoms with E-state index in [1.807, 2.05) is 0 Å². The molecular weight excluding hydrogens is 340 g/mol. The van der Waals surface area contributed by atoms with Crippen LogP contribution in [0.2, 0.25) is 0 Å². The van der Waals surface area contributed by atoms with Gasteiger partial charge in [-0.2, -0.15) is 0 Å². The standard InChI is InChI=1S/C18H16N2O4S/c1-24-11-2-4-16(21)15(10-11)20-14-6-8-19-13-3-5-17-12(18(13)14)7-9-25(17,22)23/h2-6,8,10,21H,7,9H2,1H3,(H,19,20). The zero-order valence-electron chi connectivity index (χ0n) is 13.5. The van der Waals surface area contributed by atoms with Gasteiger partial charge in [0, 0.05) is 23.3 Å². The van der Waals surface area contributed by atoms with Gasteiger partial charge in [-0.25, -0.2) is 8.42 Å². The van der Waals surface area contributed by atoms with Gasteiger partial charge >= 0.3 is 0 Å². The summed E-state index contributed by atoms with van der Waals surface area (Å²) in [5, 5.41) is 14.1. The lowest BCUT2D eigenvalue weighted by molar-refractivity contribution is 0.413. The molecule has 0 saturated heterocycles. The predicted molar refractivity (Wildman–Crippen MR) is 95.4 cm³/mol. The molecule has 3 aromatic rings. The van der Waals surface area contributed by atoms with Crippen LogP contribution in [0.15, 0.2) is 47.5 Å². The first-order valence-electron chi connectivity index (χ1n) is 7.77. The van der Waals surface area contributed by atoms with Crippen molar-refractivity contribution in [1.29, 1.82) is 0 Å². The first kappa shape index (κ1) is 15.7. The second kappa shape index (κ2) is 5.63. The number of aromatic nitrogens is 1. The number of hydrogen-bond donors (Lipinski definition) is 2. The van der Waals surface area contributed by atoms with Crippen molar-refractivity contribution in [1.82, 2.24) is 4.98 Å². The first-order valence-corrected chi connectivity index (χ1v) is 9.42. The maximum absolute atomic E-state index is 12.2. The van der Waals surface area contributed by atoms with Crippen LogP contribution in [0.4, 0.5) is 11.4 Å². The van der Waals surface area contributed by atoms with Gasteiger partial charge in [0.15, 0.2) is 9.84 Å². The number of ether oxygens (including phenoxy) is 1. The second-order valence-corrected chi connectivity index (χ2v) is 7.95. The highest BCUT2D eigenvalue weighted by molar-refractivity contribution is 7.91. The van der Waals surface area contributed by atoms with Crippen molar-refractivity contribution in [2.45, 2.75) is 11.3 Å². The summed E-state index contributed by atoms with van der Waals surface area (Å²) in [6, 6.07) is 10.00. The summed E-state index contributed by atoms with van der Waals surface area (Å²) < 4.78 is 29.6. The number of rotatable bonds is 3. The Kier molecular flexibility index (Phi) is 3.54. The summed E-state index contributed by atoms with van der Waals surface area (Å²) in [5.41, 5.74) is 2.66. The van der Waals surface area contributed by atoms with E-state index in [2.05, 4.69) is 10.3 Å². The number of methoxy groups -OCH3 is 1. The van der Waals surface area contributed by atoms with Crippen LogP contribution >= 0.6 is 0 Å². The van der Waals surface area contributed by atoms with Crippen LogP contribution in [0.3, 0.4) is 0 Å². The van der Waals surface area contributed by atoms with E-state index in [0.29, 0.717) is 34.0 Å². The molecule has 2 N–H and O–H groups in total. The van der Waals surface area contributed by atoms with E-state index in [4.69, 9.17) is 4.74 Å². The molecule has 1 aliphatic heterocycles. The summed E-state index contributed by atoms with van der Waals surface area (Å²) in [6.07, 6.45) is 2.11. The van der Waals surface area contributed by atoms with E-state index in [1.54, 1.807) is 49.7 Å². The van der Waals surface area contributed by atoms with Gasteiger partial charge in [0.1, 0.15) is 11.5 Å². The highest BCUT2D eigenvalue weighted by Crippen LogP contribution is 2.38. The number of benzene rings is 2. The molecule has 2 heterocycles. The first-order chi connectivity index (χ1) is 12.0. The molecular formula is C18H16N2O4S. The average molecular weight is 356 g/mol. The number of nitrogens with one attached hydrogen (secondary N) is 1. The van der Waals surface area contributed by atoms with Crippen molar-refractivity contribution in [3.8, 4) is 11.5 Å². The smallest absolute Gasteiger partial charge is 0.179 e. The van der Waals surface area contributed by atoms with Gasteiger partial charge in [-0.3, -0.25) is 4.98 Å². The number of sulfone groups is 1. The molecule has 0 unspecified atom stereocenters. The van der Waals surface area contributed by atoms with Crippen molar-refractivity contribution in [3.63, 3.8) is 0 Å². The summed E-state index contributed by atoms with van der Waals surface area (Å²) in [5.74, 6) is 0.789. The third-order valence-electron chi connectivity index (χ3n) is 4.40. The van der Waals surface area contributed by atoms with E-state index in [0.717, 1.165) is 10.9 Å². The number of phenolic OH excluding ortho intramolecular Hbond substituents is 1. The highest BCUT2D eigenvalue weighted by atomic mass is 32.2. The highest BCUT2D eigenvalue weighted by Gasteiger charge is 2.28. The quantitative estimate of drug-likeness (QED) is 0.701. The molecule has 0 amide bonds. The Hall–Kier alpha value is -2.80. The van der Waals surface area contributed by atoms with E-state index in [1.165, 1.54) is 0 Å². The molecule has 0 spiro atoms. The van der Waals surface area contributed by atoms with Gasteiger partial charge in [-0.05, 0) is 42.3 Å². The van der Waals surface area contributed by atoms with E-state index in [9.17, 15) is 13.5 Å². The lowest BCUT2D eigenvalue weighted by atomic mass is 10.0.